The van der Waals surface area contributed by atoms with E-state index in [0.29, 0.717) is 69.6 Å². The number of hydrogen-bond donors (Lipinski definition) is 4. The number of ether oxygens (including phenoxy) is 3. The second kappa shape index (κ2) is 19.2. The minimum atomic E-state index is -0.781. The van der Waals surface area contributed by atoms with E-state index in [9.17, 15) is 19.6 Å². The van der Waals surface area contributed by atoms with E-state index < -0.39 is 11.5 Å². The summed E-state index contributed by atoms with van der Waals surface area (Å²) in [5.74, 6) is 0.0318. The summed E-state index contributed by atoms with van der Waals surface area (Å²) in [6, 6.07) is 6.27. The van der Waals surface area contributed by atoms with E-state index in [1.807, 2.05) is 39.8 Å². The number of para-hydroxylation sites is 1. The number of carbonyl (C=O) groups excluding carboxylic acids is 3. The average Bonchev–Trinajstić information content (AvgIpc) is 3.03. The summed E-state index contributed by atoms with van der Waals surface area (Å²) in [6.07, 6.45) is 4.33. The number of nitrogens with two attached hydrogens (primary N) is 2. The van der Waals surface area contributed by atoms with Gasteiger partial charge in [0, 0.05) is 44.7 Å². The molecule has 0 bridgehead atoms. The zero-order valence-electron chi connectivity index (χ0n) is 29.1. The van der Waals surface area contributed by atoms with Gasteiger partial charge in [0.15, 0.2) is 0 Å². The van der Waals surface area contributed by atoms with Gasteiger partial charge in [-0.25, -0.2) is 5.06 Å². The van der Waals surface area contributed by atoms with E-state index >= 15 is 0 Å². The van der Waals surface area contributed by atoms with Crippen LogP contribution in [0.3, 0.4) is 0 Å². The van der Waals surface area contributed by atoms with Crippen LogP contribution in [0.15, 0.2) is 24.3 Å². The van der Waals surface area contributed by atoms with Crippen molar-refractivity contribution < 1.29 is 33.8 Å². The smallest absolute Gasteiger partial charge is 0.323 e. The molecule has 0 radical (unpaired) electrons. The summed E-state index contributed by atoms with van der Waals surface area (Å²) in [4.78, 5) is 38.7. The van der Waals surface area contributed by atoms with Crippen molar-refractivity contribution in [2.24, 2.45) is 40.6 Å². The molecule has 1 aliphatic rings. The first-order valence-electron chi connectivity index (χ1n) is 16.9. The van der Waals surface area contributed by atoms with Crippen LogP contribution in [0.1, 0.15) is 96.8 Å². The van der Waals surface area contributed by atoms with E-state index in [1.165, 1.54) is 0 Å². The Morgan fingerprint density at radius 1 is 1.02 bits per heavy atom. The van der Waals surface area contributed by atoms with Gasteiger partial charge in [0.1, 0.15) is 17.9 Å². The van der Waals surface area contributed by atoms with Crippen LogP contribution in [0.5, 0.6) is 5.75 Å². The first-order chi connectivity index (χ1) is 21.7. The second-order valence-corrected chi connectivity index (χ2v) is 14.0. The fourth-order valence-corrected chi connectivity index (χ4v) is 5.90. The van der Waals surface area contributed by atoms with Crippen molar-refractivity contribution in [3.05, 3.63) is 29.8 Å². The Morgan fingerprint density at radius 2 is 1.67 bits per heavy atom. The number of rotatable bonds is 19. The molecular weight excluding hydrogens is 588 g/mol. The summed E-state index contributed by atoms with van der Waals surface area (Å²) in [5.41, 5.74) is 12.1. The van der Waals surface area contributed by atoms with Gasteiger partial charge in [0.05, 0.1) is 12.2 Å². The molecule has 11 nitrogen and oxygen atoms in total. The van der Waals surface area contributed by atoms with Crippen LogP contribution in [-0.2, 0) is 19.1 Å². The Labute approximate surface area is 276 Å². The lowest BCUT2D eigenvalue weighted by Crippen LogP contribution is -2.46. The van der Waals surface area contributed by atoms with E-state index in [4.69, 9.17) is 25.7 Å². The van der Waals surface area contributed by atoms with E-state index in [-0.39, 0.29) is 60.1 Å². The number of carbonyl (C=O) groups is 3. The highest BCUT2D eigenvalue weighted by Gasteiger charge is 2.42. The Morgan fingerprint density at radius 3 is 2.28 bits per heavy atom. The number of methoxy groups -OCH3 is 1. The summed E-state index contributed by atoms with van der Waals surface area (Å²) in [7, 11) is 1.64. The number of benzene rings is 1. The molecule has 2 rings (SSSR count). The van der Waals surface area contributed by atoms with Gasteiger partial charge in [-0.05, 0) is 74.3 Å². The van der Waals surface area contributed by atoms with Crippen molar-refractivity contribution in [3.63, 3.8) is 0 Å². The van der Waals surface area contributed by atoms with E-state index in [1.54, 1.807) is 19.2 Å². The fraction of sp³-hybridized carbons (Fsp3) is 0.743. The van der Waals surface area contributed by atoms with Gasteiger partial charge < -0.3 is 31.0 Å². The third kappa shape index (κ3) is 12.1. The number of nitrogens with zero attached hydrogens (tertiary/aromatic N) is 1. The zero-order valence-corrected chi connectivity index (χ0v) is 29.1. The molecule has 46 heavy (non-hydrogen) atoms. The number of hydroxylamine groups is 2. The minimum absolute atomic E-state index is 0.00593. The number of nitrogens with one attached hydrogen (secondary N) is 1. The molecule has 0 spiro atoms. The van der Waals surface area contributed by atoms with Crippen LogP contribution in [0.4, 0.5) is 0 Å². The molecule has 262 valence electrons. The SMILES string of the molecule is COCCCOc1ccccc1C(=O)NC[C@@H](C[C@H](N)CCN(O)C(=O)C(C)(C)C1CCC(OC(=O)C(N)C(C)C)CC1)C(C)C. The highest BCUT2D eigenvalue weighted by Crippen LogP contribution is 2.40. The lowest BCUT2D eigenvalue weighted by atomic mass is 9.70. The predicted molar refractivity (Wildman–Crippen MR) is 178 cm³/mol. The van der Waals surface area contributed by atoms with Crippen LogP contribution < -0.4 is 21.5 Å². The van der Waals surface area contributed by atoms with Crippen molar-refractivity contribution in [2.45, 2.75) is 105 Å². The van der Waals surface area contributed by atoms with Gasteiger partial charge in [0.2, 0.25) is 0 Å². The van der Waals surface area contributed by atoms with Crippen LogP contribution in [0.25, 0.3) is 0 Å². The quantitative estimate of drug-likeness (QED) is 0.0729. The molecule has 0 aromatic heterocycles. The molecule has 1 fully saturated rings. The Balaban J connectivity index is 1.84. The highest BCUT2D eigenvalue weighted by atomic mass is 16.5. The largest absolute Gasteiger partial charge is 0.493 e. The molecular formula is C35H60N4O7. The lowest BCUT2D eigenvalue weighted by molar-refractivity contribution is -0.180. The van der Waals surface area contributed by atoms with Crippen LogP contribution >= 0.6 is 0 Å². The number of amides is 2. The van der Waals surface area contributed by atoms with Gasteiger partial charge >= 0.3 is 5.97 Å². The van der Waals surface area contributed by atoms with Crippen LogP contribution in [0, 0.1) is 29.1 Å². The molecule has 11 heteroatoms. The van der Waals surface area contributed by atoms with E-state index in [2.05, 4.69) is 19.2 Å². The van der Waals surface area contributed by atoms with Crippen molar-refractivity contribution >= 4 is 17.8 Å². The third-order valence-corrected chi connectivity index (χ3v) is 9.42. The standard InChI is InChI=1S/C35H60N4O7/c1-23(2)25(22-38-32(40)29-11-8-9-12-30(29)45-20-10-19-44-7)21-27(36)17-18-39(43)34(42)35(5,6)26-13-15-28(16-14-26)46-33(41)31(37)24(3)4/h8-9,11-12,23-28,31,43H,10,13-22,36-37H2,1-7H3,(H,38,40)/t25-,26?,27-,28?,31?/m1/s1. The minimum Gasteiger partial charge on any atom is -0.493 e. The lowest BCUT2D eigenvalue weighted by Gasteiger charge is -2.39. The first kappa shape index (κ1) is 39.4. The average molecular weight is 649 g/mol. The van der Waals surface area contributed by atoms with Gasteiger partial charge in [0.25, 0.3) is 11.8 Å². The summed E-state index contributed by atoms with van der Waals surface area (Å²) < 4.78 is 16.5. The molecule has 6 N–H and O–H groups in total. The van der Waals surface area contributed by atoms with Gasteiger partial charge in [-0.3, -0.25) is 19.6 Å². The van der Waals surface area contributed by atoms with Crippen LogP contribution in [0.2, 0.25) is 0 Å². The first-order valence-corrected chi connectivity index (χ1v) is 16.9. The molecule has 1 aliphatic carbocycles. The van der Waals surface area contributed by atoms with Gasteiger partial charge in [-0.1, -0.05) is 53.7 Å². The van der Waals surface area contributed by atoms with Gasteiger partial charge in [-0.15, -0.1) is 0 Å². The van der Waals surface area contributed by atoms with Crippen LogP contribution in [-0.4, -0.2) is 79.7 Å². The second-order valence-electron chi connectivity index (χ2n) is 14.0. The third-order valence-electron chi connectivity index (χ3n) is 9.42. The summed E-state index contributed by atoms with van der Waals surface area (Å²) in [5, 5.41) is 14.6. The molecule has 1 aromatic rings. The van der Waals surface area contributed by atoms with Crippen molar-refractivity contribution in [3.8, 4) is 5.75 Å². The maximum atomic E-state index is 13.3. The normalized spacial score (nSPS) is 19.0. The monoisotopic (exact) mass is 648 g/mol. The van der Waals surface area contributed by atoms with Crippen molar-refractivity contribution in [1.82, 2.24) is 10.4 Å². The summed E-state index contributed by atoms with van der Waals surface area (Å²) >= 11 is 0. The fourth-order valence-electron chi connectivity index (χ4n) is 5.90. The molecule has 1 saturated carbocycles. The Hall–Kier alpha value is -2.73. The molecule has 0 heterocycles. The molecule has 3 atom stereocenters. The molecule has 0 saturated heterocycles. The van der Waals surface area contributed by atoms with Crippen molar-refractivity contribution in [1.29, 1.82) is 0 Å². The number of esters is 1. The highest BCUT2D eigenvalue weighted by molar-refractivity contribution is 5.96. The Bertz CT molecular complexity index is 1090. The Kier molecular flexibility index (Phi) is 16.4. The van der Waals surface area contributed by atoms with Gasteiger partial charge in [-0.2, -0.15) is 0 Å². The topological polar surface area (TPSA) is 166 Å². The van der Waals surface area contributed by atoms with E-state index in [0.717, 1.165) is 11.5 Å². The summed E-state index contributed by atoms with van der Waals surface area (Å²) in [6.45, 7) is 13.3. The predicted octanol–water partition coefficient (Wildman–Crippen LogP) is 4.54. The maximum absolute atomic E-state index is 13.3. The molecule has 1 aromatic carbocycles. The molecule has 1 unspecified atom stereocenters. The number of hydrogen-bond acceptors (Lipinski definition) is 9. The molecule has 2 amide bonds. The molecule has 0 aliphatic heterocycles. The van der Waals surface area contributed by atoms with Crippen molar-refractivity contribution in [2.75, 3.05) is 33.4 Å². The zero-order chi connectivity index (χ0) is 34.4. The maximum Gasteiger partial charge on any atom is 0.323 e.